The molecule has 4 aromatic rings. The normalized spacial score (nSPS) is 21.7. The van der Waals surface area contributed by atoms with Crippen LogP contribution in [0.25, 0.3) is 22.2 Å². The molecule has 2 fully saturated rings. The Kier molecular flexibility index (Phi) is 7.64. The summed E-state index contributed by atoms with van der Waals surface area (Å²) < 4.78 is 101. The van der Waals surface area contributed by atoms with E-state index in [4.69, 9.17) is 20.9 Å². The van der Waals surface area contributed by atoms with Crippen LogP contribution in [0.1, 0.15) is 49.0 Å². The second-order valence-corrected chi connectivity index (χ2v) is 12.4. The molecule has 0 spiro atoms. The van der Waals surface area contributed by atoms with Crippen LogP contribution in [0.15, 0.2) is 18.5 Å². The molecule has 3 atom stereocenters. The Morgan fingerprint density at radius 2 is 1.88 bits per heavy atom. The number of pyridine rings is 1. The minimum absolute atomic E-state index is 0.000141. The minimum Gasteiger partial charge on any atom is -0.475 e. The summed E-state index contributed by atoms with van der Waals surface area (Å²) >= 11 is 0. The van der Waals surface area contributed by atoms with E-state index in [2.05, 4.69) is 24.9 Å². The van der Waals surface area contributed by atoms with Gasteiger partial charge in [-0.25, -0.2) is 23.1 Å². The molecule has 0 saturated carbocycles. The summed E-state index contributed by atoms with van der Waals surface area (Å²) in [6.07, 6.45) is -1.48. The number of anilines is 3. The van der Waals surface area contributed by atoms with Crippen LogP contribution in [0.3, 0.4) is 0 Å². The Morgan fingerprint density at radius 1 is 1.10 bits per heavy atom. The van der Waals surface area contributed by atoms with Crippen molar-refractivity contribution in [1.29, 1.82) is 0 Å². The van der Waals surface area contributed by atoms with Gasteiger partial charge in [-0.2, -0.15) is 23.1 Å². The lowest BCUT2D eigenvalue weighted by molar-refractivity contribution is -0.137. The van der Waals surface area contributed by atoms with Crippen molar-refractivity contribution in [2.45, 2.75) is 57.0 Å². The highest BCUT2D eigenvalue weighted by Crippen LogP contribution is 2.47. The first-order valence-corrected chi connectivity index (χ1v) is 15.3. The van der Waals surface area contributed by atoms with Gasteiger partial charge in [-0.3, -0.25) is 9.88 Å². The van der Waals surface area contributed by atoms with Crippen molar-refractivity contribution in [2.24, 2.45) is 0 Å². The first-order valence-electron chi connectivity index (χ1n) is 15.3. The van der Waals surface area contributed by atoms with Gasteiger partial charge in [0.25, 0.3) is 0 Å². The molecule has 6 heterocycles. The number of fused-ring (bicyclic) bond motifs is 1. The molecule has 7 rings (SSSR count). The maximum atomic E-state index is 16.8. The summed E-state index contributed by atoms with van der Waals surface area (Å²) in [6, 6.07) is -0.206. The molecule has 1 aromatic carbocycles. The predicted molar refractivity (Wildman–Crippen MR) is 163 cm³/mol. The highest BCUT2D eigenvalue weighted by atomic mass is 19.4. The molecule has 48 heavy (non-hydrogen) atoms. The van der Waals surface area contributed by atoms with Crippen LogP contribution >= 0.6 is 0 Å². The molecule has 1 unspecified atom stereocenters. The zero-order chi connectivity index (χ0) is 34.1. The van der Waals surface area contributed by atoms with Crippen LogP contribution in [0, 0.1) is 18.6 Å². The average molecular weight is 676 g/mol. The molecule has 3 aliphatic rings. The summed E-state index contributed by atoms with van der Waals surface area (Å²) in [5.74, 6) is -2.56. The number of nitrogens with two attached hydrogens (primary N) is 2. The quantitative estimate of drug-likeness (QED) is 0.207. The lowest BCUT2D eigenvalue weighted by atomic mass is 9.95. The second-order valence-electron chi connectivity index (χ2n) is 12.4. The van der Waals surface area contributed by atoms with Crippen molar-refractivity contribution in [2.75, 3.05) is 49.2 Å². The SMILES string of the molecule is Cc1c(F)c(N)cc(-c2nc3c4c(nc(OCC56CCCN5C[C@H](F)C6)nc4c2F)N([C@H](C)c2nccnc2N)CCO3)c1C(F)(F)F. The lowest BCUT2D eigenvalue weighted by Crippen LogP contribution is -2.43. The third-order valence-electron chi connectivity index (χ3n) is 9.47. The summed E-state index contributed by atoms with van der Waals surface area (Å²) in [5.41, 5.74) is 6.72. The third-order valence-corrected chi connectivity index (χ3v) is 9.47. The summed E-state index contributed by atoms with van der Waals surface area (Å²) in [4.78, 5) is 25.4. The molecular weight excluding hydrogens is 644 g/mol. The first-order chi connectivity index (χ1) is 22.8. The number of nitrogens with zero attached hydrogens (tertiary/aromatic N) is 7. The zero-order valence-corrected chi connectivity index (χ0v) is 25.9. The summed E-state index contributed by atoms with van der Waals surface area (Å²) in [6.45, 7) is 3.72. The van der Waals surface area contributed by atoms with E-state index in [1.165, 1.54) is 12.4 Å². The van der Waals surface area contributed by atoms with Gasteiger partial charge >= 0.3 is 12.2 Å². The van der Waals surface area contributed by atoms with Gasteiger partial charge in [0.15, 0.2) is 5.82 Å². The van der Waals surface area contributed by atoms with Gasteiger partial charge in [-0.1, -0.05) is 0 Å². The average Bonchev–Trinajstić information content (AvgIpc) is 3.49. The van der Waals surface area contributed by atoms with Gasteiger partial charge in [0.05, 0.1) is 29.4 Å². The fourth-order valence-corrected chi connectivity index (χ4v) is 7.23. The number of ether oxygens (including phenoxy) is 2. The lowest BCUT2D eigenvalue weighted by Gasteiger charge is -2.31. The van der Waals surface area contributed by atoms with Crippen molar-refractivity contribution in [1.82, 2.24) is 29.8 Å². The van der Waals surface area contributed by atoms with Gasteiger partial charge in [0, 0.05) is 30.9 Å². The van der Waals surface area contributed by atoms with Crippen molar-refractivity contribution >= 4 is 28.2 Å². The number of halogens is 6. The molecule has 3 aliphatic heterocycles. The minimum atomic E-state index is -5.10. The molecule has 0 bridgehead atoms. The molecule has 11 nitrogen and oxygen atoms in total. The Morgan fingerprint density at radius 3 is 2.62 bits per heavy atom. The number of hydrogen-bond donors (Lipinski definition) is 2. The van der Waals surface area contributed by atoms with Gasteiger partial charge in [-0.15, -0.1) is 0 Å². The van der Waals surface area contributed by atoms with Crippen LogP contribution in [0.5, 0.6) is 11.9 Å². The maximum Gasteiger partial charge on any atom is 0.417 e. The predicted octanol–water partition coefficient (Wildman–Crippen LogP) is 5.17. The van der Waals surface area contributed by atoms with Crippen LogP contribution in [-0.2, 0) is 6.18 Å². The van der Waals surface area contributed by atoms with E-state index in [9.17, 15) is 22.0 Å². The van der Waals surface area contributed by atoms with Crippen molar-refractivity contribution < 1.29 is 35.8 Å². The summed E-state index contributed by atoms with van der Waals surface area (Å²) in [5, 5.41) is -0.0406. The molecule has 0 radical (unpaired) electrons. The van der Waals surface area contributed by atoms with Gasteiger partial charge < -0.3 is 25.8 Å². The molecule has 0 amide bonds. The first kappa shape index (κ1) is 31.9. The Labute approximate surface area is 270 Å². The highest BCUT2D eigenvalue weighted by molar-refractivity contribution is 5.97. The van der Waals surface area contributed by atoms with E-state index in [0.717, 1.165) is 13.3 Å². The number of aromatic nitrogens is 5. The largest absolute Gasteiger partial charge is 0.475 e. The van der Waals surface area contributed by atoms with Gasteiger partial charge in [0.1, 0.15) is 59.1 Å². The van der Waals surface area contributed by atoms with Crippen molar-refractivity contribution in [3.05, 3.63) is 46.9 Å². The Balaban J connectivity index is 1.44. The zero-order valence-electron chi connectivity index (χ0n) is 25.9. The van der Waals surface area contributed by atoms with Gasteiger partial charge in [0.2, 0.25) is 5.88 Å². The fourth-order valence-electron chi connectivity index (χ4n) is 7.23. The topological polar surface area (TPSA) is 141 Å². The standard InChI is InChI=1S/C31H31F6N9O2/c1-14-20(31(35,36)37)17(10-18(38)21(14)33)24-22(34)25-19-27(44-29(43-25)48-13-30-4-3-7-45(30)12-16(32)11-30)46(8-9-47-28(19)42-24)15(2)23-26(39)41-6-5-40-23/h5-6,10,15-16H,3-4,7-9,11-13,38H2,1-2H3,(H2,39,41)/t15-,16-,30?/m1/s1. The van der Waals surface area contributed by atoms with Crippen molar-refractivity contribution in [3.63, 3.8) is 0 Å². The van der Waals surface area contributed by atoms with E-state index in [1.54, 1.807) is 11.8 Å². The molecule has 0 aliphatic carbocycles. The van der Waals surface area contributed by atoms with E-state index in [1.807, 2.05) is 4.90 Å². The highest BCUT2D eigenvalue weighted by Gasteiger charge is 2.49. The molecule has 2 saturated heterocycles. The molecule has 17 heteroatoms. The van der Waals surface area contributed by atoms with Crippen LogP contribution in [-0.4, -0.2) is 74.4 Å². The van der Waals surface area contributed by atoms with E-state index >= 15 is 4.39 Å². The van der Waals surface area contributed by atoms with Crippen LogP contribution < -0.4 is 25.8 Å². The third kappa shape index (κ3) is 5.14. The number of alkyl halides is 4. The second kappa shape index (κ2) is 11.5. The number of benzene rings is 1. The smallest absolute Gasteiger partial charge is 0.417 e. The molecule has 254 valence electrons. The Bertz CT molecular complexity index is 1930. The van der Waals surface area contributed by atoms with Crippen molar-refractivity contribution in [3.8, 4) is 23.1 Å². The van der Waals surface area contributed by atoms with E-state index < -0.39 is 69.2 Å². The maximum absolute atomic E-state index is 16.8. The Hall–Kier alpha value is -4.67. The number of nitrogen functional groups attached to an aromatic ring is 2. The number of hydrogen-bond acceptors (Lipinski definition) is 11. The number of rotatable bonds is 6. The monoisotopic (exact) mass is 675 g/mol. The molecular formula is C31H31F6N9O2. The summed E-state index contributed by atoms with van der Waals surface area (Å²) in [7, 11) is 0. The van der Waals surface area contributed by atoms with Crippen LogP contribution in [0.4, 0.5) is 43.7 Å². The van der Waals surface area contributed by atoms with Crippen LogP contribution in [0.2, 0.25) is 0 Å². The van der Waals surface area contributed by atoms with E-state index in [0.29, 0.717) is 24.7 Å². The van der Waals surface area contributed by atoms with Gasteiger partial charge in [-0.05, 0) is 44.9 Å². The molecule has 3 aromatic heterocycles. The fraction of sp³-hybridized carbons (Fsp3) is 0.452. The molecule has 4 N–H and O–H groups in total. The van der Waals surface area contributed by atoms with E-state index in [-0.39, 0.29) is 61.6 Å².